The largest absolute Gasteiger partial charge is 0.396 e. The number of benzene rings is 2. The molecule has 4 nitrogen and oxygen atoms in total. The van der Waals surface area contributed by atoms with Crippen LogP contribution in [0.5, 0.6) is 0 Å². The van der Waals surface area contributed by atoms with Crippen molar-refractivity contribution in [2.75, 3.05) is 10.5 Å². The summed E-state index contributed by atoms with van der Waals surface area (Å²) in [7, 11) is -3.97. The van der Waals surface area contributed by atoms with Crippen molar-refractivity contribution in [3.8, 4) is 0 Å². The van der Waals surface area contributed by atoms with Crippen molar-refractivity contribution in [3.05, 3.63) is 51.2 Å². The molecule has 0 atom stereocenters. The molecule has 0 unspecified atom stereocenters. The minimum atomic E-state index is -3.97. The van der Waals surface area contributed by atoms with E-state index in [9.17, 15) is 12.8 Å². The Morgan fingerprint density at radius 1 is 1.24 bits per heavy atom. The van der Waals surface area contributed by atoms with Crippen LogP contribution >= 0.6 is 27.5 Å². The van der Waals surface area contributed by atoms with Crippen LogP contribution < -0.4 is 10.5 Å². The van der Waals surface area contributed by atoms with Crippen LogP contribution in [0.25, 0.3) is 0 Å². The minimum absolute atomic E-state index is 0.235. The normalized spacial score (nSPS) is 11.4. The van der Waals surface area contributed by atoms with E-state index in [0.29, 0.717) is 5.69 Å². The zero-order chi connectivity index (χ0) is 15.8. The van der Waals surface area contributed by atoms with Crippen molar-refractivity contribution in [3.63, 3.8) is 0 Å². The molecule has 0 aliphatic carbocycles. The summed E-state index contributed by atoms with van der Waals surface area (Å²) in [5.41, 5.74) is 6.34. The van der Waals surface area contributed by atoms with Gasteiger partial charge in [-0.25, -0.2) is 12.8 Å². The summed E-state index contributed by atoms with van der Waals surface area (Å²) in [6.45, 7) is 1.82. The van der Waals surface area contributed by atoms with Gasteiger partial charge in [-0.3, -0.25) is 4.72 Å². The Morgan fingerprint density at radius 2 is 1.90 bits per heavy atom. The average molecular weight is 394 g/mol. The Kier molecular flexibility index (Phi) is 4.46. The third kappa shape index (κ3) is 3.66. The van der Waals surface area contributed by atoms with E-state index in [-0.39, 0.29) is 15.6 Å². The second kappa shape index (κ2) is 5.82. The molecule has 2 aromatic carbocycles. The van der Waals surface area contributed by atoms with Crippen molar-refractivity contribution in [1.29, 1.82) is 0 Å². The third-order valence-electron chi connectivity index (χ3n) is 2.64. The van der Waals surface area contributed by atoms with Gasteiger partial charge in [0, 0.05) is 4.47 Å². The fraction of sp³-hybridized carbons (Fsp3) is 0.0769. The van der Waals surface area contributed by atoms with Crippen LogP contribution in [0.4, 0.5) is 15.8 Å². The lowest BCUT2D eigenvalue weighted by molar-refractivity contribution is 0.600. The number of anilines is 2. The van der Waals surface area contributed by atoms with Crippen LogP contribution in [0, 0.1) is 12.7 Å². The molecule has 21 heavy (non-hydrogen) atoms. The lowest BCUT2D eigenvalue weighted by Crippen LogP contribution is -2.14. The maximum absolute atomic E-state index is 13.2. The van der Waals surface area contributed by atoms with Gasteiger partial charge < -0.3 is 5.73 Å². The number of aryl methyl sites for hydroxylation is 1. The van der Waals surface area contributed by atoms with Crippen LogP contribution in [-0.2, 0) is 10.0 Å². The molecule has 0 aromatic heterocycles. The number of hydrogen-bond donors (Lipinski definition) is 2. The van der Waals surface area contributed by atoms with Crippen LogP contribution in [0.2, 0.25) is 5.02 Å². The third-order valence-corrected chi connectivity index (χ3v) is 4.94. The average Bonchev–Trinajstić information content (AvgIpc) is 2.31. The zero-order valence-corrected chi connectivity index (χ0v) is 14.0. The molecule has 2 rings (SSSR count). The summed E-state index contributed by atoms with van der Waals surface area (Å²) in [6.07, 6.45) is 0. The van der Waals surface area contributed by atoms with Crippen molar-refractivity contribution < 1.29 is 12.8 Å². The maximum Gasteiger partial charge on any atom is 0.263 e. The summed E-state index contributed by atoms with van der Waals surface area (Å²) in [6, 6.07) is 6.96. The molecule has 3 N–H and O–H groups in total. The number of nitrogens with one attached hydrogen (secondary N) is 1. The molecule has 2 aromatic rings. The fourth-order valence-electron chi connectivity index (χ4n) is 1.76. The lowest BCUT2D eigenvalue weighted by Gasteiger charge is -2.11. The number of rotatable bonds is 3. The Hall–Kier alpha value is -1.31. The highest BCUT2D eigenvalue weighted by Crippen LogP contribution is 2.29. The second-order valence-corrected chi connectivity index (χ2v) is 7.40. The van der Waals surface area contributed by atoms with Gasteiger partial charge in [-0.2, -0.15) is 0 Å². The van der Waals surface area contributed by atoms with Crippen molar-refractivity contribution >= 4 is 48.9 Å². The topological polar surface area (TPSA) is 72.2 Å². The quantitative estimate of drug-likeness (QED) is 0.776. The first-order valence-corrected chi connectivity index (χ1v) is 8.39. The van der Waals surface area contributed by atoms with E-state index in [1.807, 2.05) is 13.0 Å². The molecule has 0 radical (unpaired) electrons. The molecule has 0 aliphatic rings. The van der Waals surface area contributed by atoms with Gasteiger partial charge in [0.1, 0.15) is 10.7 Å². The Bertz CT molecular complexity index is 792. The molecule has 0 saturated heterocycles. The molecule has 8 heteroatoms. The van der Waals surface area contributed by atoms with Gasteiger partial charge >= 0.3 is 0 Å². The molecule has 0 saturated carbocycles. The summed E-state index contributed by atoms with van der Waals surface area (Å²) in [5, 5.41) is -0.235. The van der Waals surface area contributed by atoms with Gasteiger partial charge in [-0.15, -0.1) is 0 Å². The molecule has 0 aliphatic heterocycles. The molecule has 0 fully saturated rings. The van der Waals surface area contributed by atoms with Gasteiger partial charge in [0.2, 0.25) is 0 Å². The monoisotopic (exact) mass is 392 g/mol. The predicted molar refractivity (Wildman–Crippen MR) is 85.5 cm³/mol. The SMILES string of the molecule is Cc1cc(Br)cc(NS(=O)(=O)c2cc(N)c(F)cc2Cl)c1. The Morgan fingerprint density at radius 3 is 2.52 bits per heavy atom. The molecule has 0 spiro atoms. The van der Waals surface area contributed by atoms with E-state index in [1.165, 1.54) is 0 Å². The highest BCUT2D eigenvalue weighted by Gasteiger charge is 2.20. The van der Waals surface area contributed by atoms with E-state index >= 15 is 0 Å². The number of nitrogens with two attached hydrogens (primary N) is 1. The first-order chi connectivity index (χ1) is 9.69. The van der Waals surface area contributed by atoms with Crippen LogP contribution in [0.15, 0.2) is 39.7 Å². The van der Waals surface area contributed by atoms with E-state index < -0.39 is 15.8 Å². The molecule has 0 heterocycles. The van der Waals surface area contributed by atoms with Gasteiger partial charge in [0.05, 0.1) is 16.4 Å². The molecule has 112 valence electrons. The molecular weight excluding hydrogens is 383 g/mol. The van der Waals surface area contributed by atoms with Crippen molar-refractivity contribution in [1.82, 2.24) is 0 Å². The van der Waals surface area contributed by atoms with Gasteiger partial charge in [0.25, 0.3) is 10.0 Å². The zero-order valence-electron chi connectivity index (χ0n) is 10.8. The lowest BCUT2D eigenvalue weighted by atomic mass is 10.2. The second-order valence-electron chi connectivity index (χ2n) is 4.43. The summed E-state index contributed by atoms with van der Waals surface area (Å²) >= 11 is 9.07. The van der Waals surface area contributed by atoms with E-state index in [4.69, 9.17) is 17.3 Å². The maximum atomic E-state index is 13.2. The van der Waals surface area contributed by atoms with Gasteiger partial charge in [0.15, 0.2) is 0 Å². The van der Waals surface area contributed by atoms with Gasteiger partial charge in [-0.1, -0.05) is 27.5 Å². The summed E-state index contributed by atoms with van der Waals surface area (Å²) < 4.78 is 41.0. The minimum Gasteiger partial charge on any atom is -0.396 e. The summed E-state index contributed by atoms with van der Waals surface area (Å²) in [5.74, 6) is -0.766. The number of halogens is 3. The van der Waals surface area contributed by atoms with Crippen molar-refractivity contribution in [2.24, 2.45) is 0 Å². The standard InChI is InChI=1S/C13H11BrClFN2O2S/c1-7-2-8(14)4-9(3-7)18-21(19,20)13-6-12(17)11(16)5-10(13)15/h2-6,18H,17H2,1H3. The Balaban J connectivity index is 2.45. The molecular formula is C13H11BrClFN2O2S. The van der Waals surface area contributed by atoms with Crippen molar-refractivity contribution in [2.45, 2.75) is 11.8 Å². The fourth-order valence-corrected chi connectivity index (χ4v) is 3.95. The smallest absolute Gasteiger partial charge is 0.263 e. The molecule has 0 amide bonds. The highest BCUT2D eigenvalue weighted by atomic mass is 79.9. The first kappa shape index (κ1) is 16.1. The van der Waals surface area contributed by atoms with Gasteiger partial charge in [-0.05, 0) is 42.8 Å². The highest BCUT2D eigenvalue weighted by molar-refractivity contribution is 9.10. The predicted octanol–water partition coefficient (Wildman–Crippen LogP) is 3.93. The van der Waals surface area contributed by atoms with E-state index in [0.717, 1.165) is 22.2 Å². The molecule has 0 bridgehead atoms. The van der Waals surface area contributed by atoms with Crippen LogP contribution in [-0.4, -0.2) is 8.42 Å². The summed E-state index contributed by atoms with van der Waals surface area (Å²) in [4.78, 5) is -0.277. The first-order valence-electron chi connectivity index (χ1n) is 5.73. The number of hydrogen-bond acceptors (Lipinski definition) is 3. The number of nitrogen functional groups attached to an aromatic ring is 1. The Labute approximate surface area is 135 Å². The number of sulfonamides is 1. The van der Waals surface area contributed by atoms with E-state index in [1.54, 1.807) is 12.1 Å². The van der Waals surface area contributed by atoms with Crippen LogP contribution in [0.1, 0.15) is 5.56 Å². The van der Waals surface area contributed by atoms with Crippen LogP contribution in [0.3, 0.4) is 0 Å². The van der Waals surface area contributed by atoms with E-state index in [2.05, 4.69) is 20.7 Å².